The molecule has 0 saturated heterocycles. The molecule has 0 aliphatic heterocycles. The first kappa shape index (κ1) is 14.9. The Labute approximate surface area is 132 Å². The Bertz CT molecular complexity index is 669. The summed E-state index contributed by atoms with van der Waals surface area (Å²) in [6.07, 6.45) is 3.64. The largest absolute Gasteiger partial charge is 0.481 e. The molecule has 1 N–H and O–H groups in total. The molecule has 5 heteroatoms. The van der Waals surface area contributed by atoms with Gasteiger partial charge in [-0.15, -0.1) is 11.3 Å². The zero-order chi connectivity index (χ0) is 15.6. The van der Waals surface area contributed by atoms with Crippen molar-refractivity contribution in [3.63, 3.8) is 0 Å². The van der Waals surface area contributed by atoms with Crippen LogP contribution in [0.1, 0.15) is 29.0 Å². The number of hydrogen-bond acceptors (Lipinski definition) is 4. The molecule has 0 radical (unpaired) electrons. The molecule has 114 valence electrons. The average molecular weight is 315 g/mol. The van der Waals surface area contributed by atoms with E-state index in [0.717, 1.165) is 16.1 Å². The summed E-state index contributed by atoms with van der Waals surface area (Å²) in [4.78, 5) is 28.3. The monoisotopic (exact) mass is 315 g/mol. The van der Waals surface area contributed by atoms with E-state index in [-0.39, 0.29) is 12.2 Å². The van der Waals surface area contributed by atoms with Crippen molar-refractivity contribution in [2.24, 2.45) is 5.41 Å². The molecule has 1 aromatic carbocycles. The highest BCUT2D eigenvalue weighted by atomic mass is 32.1. The number of carboxylic acid groups (broad SMARTS) is 1. The summed E-state index contributed by atoms with van der Waals surface area (Å²) >= 11 is 1.53. The SMILES string of the molecule is O=C(O)CC1(C(=O)CCc2nccs2)Cc2ccccc2C1. The van der Waals surface area contributed by atoms with Crippen LogP contribution >= 0.6 is 11.3 Å². The predicted octanol–water partition coefficient (Wildman–Crippen LogP) is 2.90. The minimum absolute atomic E-state index is 0.0429. The summed E-state index contributed by atoms with van der Waals surface area (Å²) in [5.74, 6) is -0.864. The predicted molar refractivity (Wildman–Crippen MR) is 84.0 cm³/mol. The van der Waals surface area contributed by atoms with Gasteiger partial charge in [-0.25, -0.2) is 4.98 Å². The molecule has 1 aliphatic rings. The number of thiazole rings is 1. The van der Waals surface area contributed by atoms with Gasteiger partial charge in [0.2, 0.25) is 0 Å². The van der Waals surface area contributed by atoms with Gasteiger partial charge >= 0.3 is 5.97 Å². The topological polar surface area (TPSA) is 67.3 Å². The van der Waals surface area contributed by atoms with Crippen LogP contribution in [-0.2, 0) is 28.9 Å². The van der Waals surface area contributed by atoms with E-state index in [1.54, 1.807) is 6.20 Å². The van der Waals surface area contributed by atoms with Crippen molar-refractivity contribution in [2.45, 2.75) is 32.1 Å². The number of aryl methyl sites for hydroxylation is 1. The number of ketones is 1. The Morgan fingerprint density at radius 1 is 1.23 bits per heavy atom. The molecule has 0 atom stereocenters. The molecule has 0 amide bonds. The lowest BCUT2D eigenvalue weighted by Crippen LogP contribution is -2.35. The molecular weight excluding hydrogens is 298 g/mol. The maximum Gasteiger partial charge on any atom is 0.304 e. The Morgan fingerprint density at radius 3 is 2.45 bits per heavy atom. The molecule has 0 unspecified atom stereocenters. The van der Waals surface area contributed by atoms with Gasteiger partial charge in [-0.1, -0.05) is 24.3 Å². The fraction of sp³-hybridized carbons (Fsp3) is 0.353. The maximum absolute atomic E-state index is 12.8. The lowest BCUT2D eigenvalue weighted by Gasteiger charge is -2.25. The molecule has 3 rings (SSSR count). The van der Waals surface area contributed by atoms with Crippen molar-refractivity contribution in [3.05, 3.63) is 52.0 Å². The number of carboxylic acids is 1. The average Bonchev–Trinajstić information content (AvgIpc) is 3.11. The van der Waals surface area contributed by atoms with E-state index in [2.05, 4.69) is 4.98 Å². The standard InChI is InChI=1S/C17H17NO3S/c19-14(5-6-15-18-7-8-22-15)17(11-16(20)21)9-12-3-1-2-4-13(12)10-17/h1-4,7-8H,5-6,9-11H2,(H,20,21). The highest BCUT2D eigenvalue weighted by Crippen LogP contribution is 2.41. The van der Waals surface area contributed by atoms with Crippen molar-refractivity contribution >= 4 is 23.1 Å². The van der Waals surface area contributed by atoms with Crippen LogP contribution in [0, 0.1) is 5.41 Å². The van der Waals surface area contributed by atoms with Gasteiger partial charge < -0.3 is 5.11 Å². The second kappa shape index (κ2) is 6.01. The lowest BCUT2D eigenvalue weighted by molar-refractivity contribution is -0.144. The van der Waals surface area contributed by atoms with Crippen LogP contribution in [0.25, 0.3) is 0 Å². The molecular formula is C17H17NO3S. The third kappa shape index (κ3) is 2.95. The summed E-state index contributed by atoms with van der Waals surface area (Å²) in [7, 11) is 0. The zero-order valence-corrected chi connectivity index (χ0v) is 12.9. The van der Waals surface area contributed by atoms with E-state index >= 15 is 0 Å². The van der Waals surface area contributed by atoms with E-state index in [1.807, 2.05) is 29.6 Å². The number of carbonyl (C=O) groups excluding carboxylic acids is 1. The Balaban J connectivity index is 1.78. The molecule has 1 aromatic heterocycles. The number of nitrogens with zero attached hydrogens (tertiary/aromatic N) is 1. The lowest BCUT2D eigenvalue weighted by atomic mass is 9.76. The fourth-order valence-electron chi connectivity index (χ4n) is 3.27. The van der Waals surface area contributed by atoms with E-state index in [4.69, 9.17) is 0 Å². The molecule has 0 bridgehead atoms. The minimum atomic E-state index is -0.907. The number of Topliss-reactive ketones (excluding diaryl/α,β-unsaturated/α-hetero) is 1. The number of aliphatic carboxylic acids is 1. The van der Waals surface area contributed by atoms with Crippen molar-refractivity contribution in [2.75, 3.05) is 0 Å². The van der Waals surface area contributed by atoms with Crippen LogP contribution in [0.2, 0.25) is 0 Å². The first-order chi connectivity index (χ1) is 10.6. The number of rotatable bonds is 6. The molecule has 2 aromatic rings. The Morgan fingerprint density at radius 2 is 1.91 bits per heavy atom. The van der Waals surface area contributed by atoms with Gasteiger partial charge in [0, 0.05) is 29.8 Å². The first-order valence-corrected chi connectivity index (χ1v) is 8.17. The van der Waals surface area contributed by atoms with Gasteiger partial charge in [-0.05, 0) is 24.0 Å². The molecule has 22 heavy (non-hydrogen) atoms. The quantitative estimate of drug-likeness (QED) is 0.890. The smallest absolute Gasteiger partial charge is 0.304 e. The number of benzene rings is 1. The summed E-state index contributed by atoms with van der Waals surface area (Å²) < 4.78 is 0. The van der Waals surface area contributed by atoms with Crippen LogP contribution in [-0.4, -0.2) is 21.8 Å². The van der Waals surface area contributed by atoms with Crippen LogP contribution in [0.3, 0.4) is 0 Å². The van der Waals surface area contributed by atoms with Gasteiger partial charge in [0.15, 0.2) is 0 Å². The van der Waals surface area contributed by atoms with Crippen LogP contribution in [0.4, 0.5) is 0 Å². The van der Waals surface area contributed by atoms with Gasteiger partial charge in [-0.3, -0.25) is 9.59 Å². The van der Waals surface area contributed by atoms with E-state index in [1.165, 1.54) is 11.3 Å². The van der Waals surface area contributed by atoms with Crippen LogP contribution in [0.15, 0.2) is 35.8 Å². The van der Waals surface area contributed by atoms with Crippen molar-refractivity contribution in [1.29, 1.82) is 0 Å². The van der Waals surface area contributed by atoms with Crippen molar-refractivity contribution < 1.29 is 14.7 Å². The third-order valence-corrected chi connectivity index (χ3v) is 5.15. The van der Waals surface area contributed by atoms with Gasteiger partial charge in [0.1, 0.15) is 5.78 Å². The second-order valence-electron chi connectivity index (χ2n) is 5.82. The Hall–Kier alpha value is -2.01. The zero-order valence-electron chi connectivity index (χ0n) is 12.1. The summed E-state index contributed by atoms with van der Waals surface area (Å²) in [6, 6.07) is 7.87. The molecule has 0 saturated carbocycles. The second-order valence-corrected chi connectivity index (χ2v) is 6.80. The van der Waals surface area contributed by atoms with E-state index in [0.29, 0.717) is 25.7 Å². The number of aromatic nitrogens is 1. The van der Waals surface area contributed by atoms with E-state index < -0.39 is 11.4 Å². The molecule has 1 heterocycles. The highest BCUT2D eigenvalue weighted by molar-refractivity contribution is 7.09. The third-order valence-electron chi connectivity index (χ3n) is 4.31. The summed E-state index contributed by atoms with van der Waals surface area (Å²) in [5.41, 5.74) is 1.42. The first-order valence-electron chi connectivity index (χ1n) is 7.29. The fourth-order valence-corrected chi connectivity index (χ4v) is 3.89. The molecule has 0 fully saturated rings. The summed E-state index contributed by atoms with van der Waals surface area (Å²) in [5, 5.41) is 12.1. The van der Waals surface area contributed by atoms with Crippen LogP contribution < -0.4 is 0 Å². The normalized spacial score (nSPS) is 15.5. The summed E-state index contributed by atoms with van der Waals surface area (Å²) in [6.45, 7) is 0. The minimum Gasteiger partial charge on any atom is -0.481 e. The van der Waals surface area contributed by atoms with Gasteiger partial charge in [0.25, 0.3) is 0 Å². The van der Waals surface area contributed by atoms with Crippen molar-refractivity contribution in [1.82, 2.24) is 4.98 Å². The molecule has 1 aliphatic carbocycles. The maximum atomic E-state index is 12.8. The number of carbonyl (C=O) groups is 2. The number of hydrogen-bond donors (Lipinski definition) is 1. The molecule has 0 spiro atoms. The Kier molecular flexibility index (Phi) is 4.07. The van der Waals surface area contributed by atoms with Crippen molar-refractivity contribution in [3.8, 4) is 0 Å². The van der Waals surface area contributed by atoms with Gasteiger partial charge in [0.05, 0.1) is 11.4 Å². The van der Waals surface area contributed by atoms with Crippen LogP contribution in [0.5, 0.6) is 0 Å². The highest BCUT2D eigenvalue weighted by Gasteiger charge is 2.44. The number of fused-ring (bicyclic) bond motifs is 1. The van der Waals surface area contributed by atoms with Gasteiger partial charge in [-0.2, -0.15) is 0 Å². The molecule has 4 nitrogen and oxygen atoms in total. The van der Waals surface area contributed by atoms with E-state index in [9.17, 15) is 14.7 Å².